The lowest BCUT2D eigenvalue weighted by Gasteiger charge is -2.46. The molecule has 0 radical (unpaired) electrons. The van der Waals surface area contributed by atoms with E-state index >= 15 is 0 Å². The van der Waals surface area contributed by atoms with Crippen molar-refractivity contribution in [1.29, 1.82) is 0 Å². The number of fused-ring (bicyclic) bond motifs is 1. The highest BCUT2D eigenvalue weighted by atomic mass is 16.8. The van der Waals surface area contributed by atoms with Crippen molar-refractivity contribution >= 4 is 5.78 Å². The van der Waals surface area contributed by atoms with Gasteiger partial charge in [0.2, 0.25) is 5.78 Å². The Kier molecular flexibility index (Phi) is 3.72. The normalized spacial score (nSPS) is 26.5. The monoisotopic (exact) mass is 314 g/mol. The minimum absolute atomic E-state index is 0.247. The lowest BCUT2D eigenvalue weighted by molar-refractivity contribution is -0.346. The third-order valence-corrected chi connectivity index (χ3v) is 4.15. The molecule has 0 saturated carbocycles. The molecular weight excluding hydrogens is 296 g/mol. The minimum Gasteiger partial charge on any atom is -0.451 e. The third-order valence-electron chi connectivity index (χ3n) is 4.15. The Morgan fingerprint density at radius 2 is 1.65 bits per heavy atom. The van der Waals surface area contributed by atoms with Crippen molar-refractivity contribution < 1.29 is 24.1 Å². The predicted octanol–water partition coefficient (Wildman–Crippen LogP) is 2.40. The molecule has 2 aromatic rings. The van der Waals surface area contributed by atoms with Gasteiger partial charge in [-0.15, -0.1) is 0 Å². The Balaban J connectivity index is 2.26. The number of carbonyl (C=O) groups excluding carboxylic acids is 1. The van der Waals surface area contributed by atoms with Gasteiger partial charge in [-0.25, -0.2) is 0 Å². The smallest absolute Gasteiger partial charge is 0.304 e. The molecule has 0 spiro atoms. The molecule has 0 saturated heterocycles. The van der Waals surface area contributed by atoms with Gasteiger partial charge < -0.3 is 19.3 Å². The fourth-order valence-electron chi connectivity index (χ4n) is 2.85. The summed E-state index contributed by atoms with van der Waals surface area (Å²) >= 11 is 0. The maximum absolute atomic E-state index is 12.8. The molecule has 3 rings (SSSR count). The first-order chi connectivity index (χ1) is 11.0. The number of methoxy groups -OCH3 is 2. The second-order valence-electron chi connectivity index (χ2n) is 5.46. The average Bonchev–Trinajstić information content (AvgIpc) is 2.59. The first-order valence-corrected chi connectivity index (χ1v) is 7.21. The number of ketones is 1. The number of hydrogen-bond donors (Lipinski definition) is 1. The number of rotatable bonds is 3. The lowest BCUT2D eigenvalue weighted by Crippen LogP contribution is -2.64. The lowest BCUT2D eigenvalue weighted by atomic mass is 9.86. The first kappa shape index (κ1) is 15.7. The highest BCUT2D eigenvalue weighted by Crippen LogP contribution is 2.46. The van der Waals surface area contributed by atoms with Gasteiger partial charge in [-0.05, 0) is 19.1 Å². The quantitative estimate of drug-likeness (QED) is 0.881. The Morgan fingerprint density at radius 3 is 2.26 bits per heavy atom. The van der Waals surface area contributed by atoms with Gasteiger partial charge in [0.1, 0.15) is 5.75 Å². The Bertz CT molecular complexity index is 739. The van der Waals surface area contributed by atoms with Crippen molar-refractivity contribution in [3.63, 3.8) is 0 Å². The zero-order valence-corrected chi connectivity index (χ0v) is 13.2. The molecule has 1 heterocycles. The molecule has 1 aliphatic rings. The van der Waals surface area contributed by atoms with Gasteiger partial charge in [-0.1, -0.05) is 42.0 Å². The standard InChI is InChI=1S/C18H18O5/c1-12-8-10-13(11-9-12)18(22-3)17(20,21-2)16(19)14-6-4-5-7-15(14)23-18/h4-11,20H,1-3H3/t17-,18+/m1/s1. The van der Waals surface area contributed by atoms with E-state index in [0.29, 0.717) is 11.3 Å². The van der Waals surface area contributed by atoms with E-state index in [2.05, 4.69) is 0 Å². The molecule has 120 valence electrons. The molecule has 2 atom stereocenters. The third kappa shape index (κ3) is 2.09. The van der Waals surface area contributed by atoms with Crippen molar-refractivity contribution in [1.82, 2.24) is 0 Å². The molecule has 2 aromatic carbocycles. The zero-order valence-electron chi connectivity index (χ0n) is 13.2. The number of aryl methyl sites for hydroxylation is 1. The molecule has 0 bridgehead atoms. The number of para-hydroxylation sites is 1. The van der Waals surface area contributed by atoms with Crippen molar-refractivity contribution in [2.45, 2.75) is 18.5 Å². The van der Waals surface area contributed by atoms with E-state index in [1.807, 2.05) is 19.1 Å². The zero-order chi connectivity index (χ0) is 16.7. The Labute approximate surface area is 134 Å². The van der Waals surface area contributed by atoms with Crippen LogP contribution < -0.4 is 4.74 Å². The van der Waals surface area contributed by atoms with E-state index in [1.165, 1.54) is 14.2 Å². The van der Waals surface area contributed by atoms with Crippen LogP contribution in [0, 0.1) is 6.92 Å². The van der Waals surface area contributed by atoms with Gasteiger partial charge in [0.25, 0.3) is 5.79 Å². The molecule has 5 nitrogen and oxygen atoms in total. The highest BCUT2D eigenvalue weighted by Gasteiger charge is 2.64. The van der Waals surface area contributed by atoms with Crippen LogP contribution in [0.3, 0.4) is 0 Å². The summed E-state index contributed by atoms with van der Waals surface area (Å²) in [5, 5.41) is 11.0. The molecular formula is C18H18O5. The van der Waals surface area contributed by atoms with Crippen LogP contribution in [-0.2, 0) is 15.3 Å². The second-order valence-corrected chi connectivity index (χ2v) is 5.46. The minimum atomic E-state index is -2.30. The summed E-state index contributed by atoms with van der Waals surface area (Å²) in [5.74, 6) is -4.36. The van der Waals surface area contributed by atoms with Crippen molar-refractivity contribution in [2.75, 3.05) is 14.2 Å². The van der Waals surface area contributed by atoms with Crippen molar-refractivity contribution in [3.8, 4) is 5.75 Å². The van der Waals surface area contributed by atoms with Gasteiger partial charge >= 0.3 is 5.79 Å². The predicted molar refractivity (Wildman–Crippen MR) is 83.2 cm³/mol. The van der Waals surface area contributed by atoms with Crippen LogP contribution in [-0.4, -0.2) is 30.9 Å². The summed E-state index contributed by atoms with van der Waals surface area (Å²) in [6.45, 7) is 1.94. The molecule has 1 N–H and O–H groups in total. The topological polar surface area (TPSA) is 65.0 Å². The highest BCUT2D eigenvalue weighted by molar-refractivity contribution is 6.05. The van der Waals surface area contributed by atoms with Gasteiger partial charge in [0.15, 0.2) is 0 Å². The van der Waals surface area contributed by atoms with Crippen molar-refractivity contribution in [3.05, 3.63) is 65.2 Å². The Hall–Kier alpha value is -2.21. The number of hydrogen-bond acceptors (Lipinski definition) is 5. The fraction of sp³-hybridized carbons (Fsp3) is 0.278. The molecule has 0 aliphatic carbocycles. The second kappa shape index (κ2) is 5.45. The Morgan fingerprint density at radius 1 is 1.00 bits per heavy atom. The van der Waals surface area contributed by atoms with Crippen LogP contribution in [0.25, 0.3) is 0 Å². The summed E-state index contributed by atoms with van der Waals surface area (Å²) in [6.07, 6.45) is 0. The molecule has 5 heteroatoms. The molecule has 1 aliphatic heterocycles. The SMILES string of the molecule is CO[C@@]1(c2ccc(C)cc2)Oc2ccccc2C(=O)[C@@]1(O)OC. The summed E-state index contributed by atoms with van der Waals surface area (Å²) in [4.78, 5) is 12.8. The molecule has 23 heavy (non-hydrogen) atoms. The largest absolute Gasteiger partial charge is 0.451 e. The fourth-order valence-corrected chi connectivity index (χ4v) is 2.85. The number of carbonyl (C=O) groups is 1. The van der Waals surface area contributed by atoms with E-state index in [1.54, 1.807) is 36.4 Å². The van der Waals surface area contributed by atoms with Gasteiger partial charge in [-0.2, -0.15) is 0 Å². The van der Waals surface area contributed by atoms with Gasteiger partial charge in [0, 0.05) is 19.8 Å². The summed E-state index contributed by atoms with van der Waals surface area (Å²) in [7, 11) is 2.61. The van der Waals surface area contributed by atoms with Crippen LogP contribution in [0.15, 0.2) is 48.5 Å². The van der Waals surface area contributed by atoms with Crippen LogP contribution in [0.5, 0.6) is 5.75 Å². The number of ether oxygens (including phenoxy) is 3. The number of Topliss-reactive ketones (excluding diaryl/α,β-unsaturated/α-hetero) is 1. The van der Waals surface area contributed by atoms with Crippen LogP contribution in [0.4, 0.5) is 0 Å². The van der Waals surface area contributed by atoms with Crippen LogP contribution in [0.1, 0.15) is 21.5 Å². The molecule has 0 aromatic heterocycles. The van der Waals surface area contributed by atoms with E-state index in [9.17, 15) is 9.90 Å². The van der Waals surface area contributed by atoms with E-state index < -0.39 is 17.4 Å². The summed E-state index contributed by atoms with van der Waals surface area (Å²) in [6, 6.07) is 13.9. The first-order valence-electron chi connectivity index (χ1n) is 7.21. The maximum Gasteiger partial charge on any atom is 0.304 e. The maximum atomic E-state index is 12.8. The van der Waals surface area contributed by atoms with Gasteiger partial charge in [0.05, 0.1) is 5.56 Å². The van der Waals surface area contributed by atoms with Crippen molar-refractivity contribution in [2.24, 2.45) is 0 Å². The van der Waals surface area contributed by atoms with Crippen LogP contribution >= 0.6 is 0 Å². The molecule has 0 amide bonds. The van der Waals surface area contributed by atoms with E-state index in [0.717, 1.165) is 5.56 Å². The summed E-state index contributed by atoms with van der Waals surface area (Å²) in [5.41, 5.74) is 1.76. The van der Waals surface area contributed by atoms with E-state index in [-0.39, 0.29) is 5.56 Å². The number of benzene rings is 2. The molecule has 0 unspecified atom stereocenters. The van der Waals surface area contributed by atoms with E-state index in [4.69, 9.17) is 14.2 Å². The molecule has 0 fully saturated rings. The average molecular weight is 314 g/mol. The number of aliphatic hydroxyl groups is 1. The van der Waals surface area contributed by atoms with Gasteiger partial charge in [-0.3, -0.25) is 4.79 Å². The van der Waals surface area contributed by atoms with Crippen LogP contribution in [0.2, 0.25) is 0 Å². The summed E-state index contributed by atoms with van der Waals surface area (Å²) < 4.78 is 16.7.